The predicted octanol–water partition coefficient (Wildman–Crippen LogP) is 3.67. The number of ether oxygens (including phenoxy) is 1. The van der Waals surface area contributed by atoms with E-state index < -0.39 is 23.7 Å². The SMILES string of the molecule is CO[C@H]1CC2CC[C@@H](C1)N2C(=O)c1ccc2c(c1)C(C)(C)CN(C[C@H](O)[C@@H]1Cc3ccccc3CN1C(=O)O)C2=O. The van der Waals surface area contributed by atoms with Gasteiger partial charge >= 0.3 is 6.09 Å². The minimum absolute atomic E-state index is 0.0160. The molecule has 2 aromatic carbocycles. The van der Waals surface area contributed by atoms with Gasteiger partial charge in [0.2, 0.25) is 0 Å². The highest BCUT2D eigenvalue weighted by molar-refractivity contribution is 6.00. The molecule has 9 heteroatoms. The number of nitrogens with zero attached hydrogens (tertiary/aromatic N) is 3. The molecule has 0 aromatic heterocycles. The van der Waals surface area contributed by atoms with E-state index in [1.54, 1.807) is 24.1 Å². The number of carbonyl (C=O) groups excluding carboxylic acids is 2. The molecule has 218 valence electrons. The van der Waals surface area contributed by atoms with Crippen molar-refractivity contribution in [3.05, 3.63) is 70.3 Å². The van der Waals surface area contributed by atoms with Crippen LogP contribution in [0.15, 0.2) is 42.5 Å². The van der Waals surface area contributed by atoms with Crippen molar-refractivity contribution in [3.8, 4) is 0 Å². The molecular weight excluding hydrogens is 522 g/mol. The molecule has 0 aliphatic carbocycles. The van der Waals surface area contributed by atoms with Gasteiger partial charge in [0.1, 0.15) is 0 Å². The molecule has 9 nitrogen and oxygen atoms in total. The van der Waals surface area contributed by atoms with Crippen LogP contribution < -0.4 is 0 Å². The van der Waals surface area contributed by atoms with Gasteiger partial charge in [0.15, 0.2) is 0 Å². The van der Waals surface area contributed by atoms with E-state index in [1.165, 1.54) is 4.90 Å². The van der Waals surface area contributed by atoms with Crippen molar-refractivity contribution in [3.63, 3.8) is 0 Å². The van der Waals surface area contributed by atoms with Crippen LogP contribution in [0.3, 0.4) is 0 Å². The predicted molar refractivity (Wildman–Crippen MR) is 152 cm³/mol. The molecule has 4 aliphatic heterocycles. The largest absolute Gasteiger partial charge is 0.465 e. The Morgan fingerprint density at radius 3 is 2.41 bits per heavy atom. The van der Waals surface area contributed by atoms with Crippen LogP contribution in [0, 0.1) is 0 Å². The molecule has 0 radical (unpaired) electrons. The Kier molecular flexibility index (Phi) is 7.06. The second-order valence-corrected chi connectivity index (χ2v) is 12.8. The van der Waals surface area contributed by atoms with Crippen LogP contribution in [0.5, 0.6) is 0 Å². The number of hydrogen-bond donors (Lipinski definition) is 2. The zero-order chi connectivity index (χ0) is 29.1. The summed E-state index contributed by atoms with van der Waals surface area (Å²) in [6, 6.07) is 12.8. The average molecular weight is 562 g/mol. The first-order valence-electron chi connectivity index (χ1n) is 14.6. The molecule has 5 atom stereocenters. The molecule has 2 N–H and O–H groups in total. The number of rotatable bonds is 5. The summed E-state index contributed by atoms with van der Waals surface area (Å²) in [7, 11) is 1.74. The molecule has 2 saturated heterocycles. The first-order chi connectivity index (χ1) is 19.6. The molecule has 41 heavy (non-hydrogen) atoms. The topological polar surface area (TPSA) is 111 Å². The number of amides is 3. The van der Waals surface area contributed by atoms with Crippen LogP contribution >= 0.6 is 0 Å². The van der Waals surface area contributed by atoms with Crippen molar-refractivity contribution < 1.29 is 29.3 Å². The van der Waals surface area contributed by atoms with Crippen LogP contribution in [0.2, 0.25) is 0 Å². The molecule has 1 unspecified atom stereocenters. The Balaban J connectivity index is 1.21. The molecule has 0 saturated carbocycles. The number of hydrogen-bond acceptors (Lipinski definition) is 5. The van der Waals surface area contributed by atoms with E-state index in [2.05, 4.69) is 0 Å². The number of β-amino-alcohol motifs (C(OH)–C–C–N with tert-alkyl or cyclic N) is 1. The van der Waals surface area contributed by atoms with Gasteiger partial charge in [-0.25, -0.2) is 4.79 Å². The molecule has 6 rings (SSSR count). The van der Waals surface area contributed by atoms with Crippen molar-refractivity contribution in [1.29, 1.82) is 0 Å². The molecule has 2 aromatic rings. The van der Waals surface area contributed by atoms with E-state index in [0.29, 0.717) is 24.1 Å². The third-order valence-corrected chi connectivity index (χ3v) is 9.74. The summed E-state index contributed by atoms with van der Waals surface area (Å²) < 4.78 is 5.60. The minimum atomic E-state index is -1.09. The zero-order valence-corrected chi connectivity index (χ0v) is 24.0. The quantitative estimate of drug-likeness (QED) is 0.577. The lowest BCUT2D eigenvalue weighted by atomic mass is 9.77. The summed E-state index contributed by atoms with van der Waals surface area (Å²) in [6.45, 7) is 4.67. The van der Waals surface area contributed by atoms with Crippen LogP contribution in [0.25, 0.3) is 0 Å². The number of carbonyl (C=O) groups is 3. The second kappa shape index (κ2) is 10.4. The van der Waals surface area contributed by atoms with Gasteiger partial charge in [-0.1, -0.05) is 38.1 Å². The van der Waals surface area contributed by atoms with Gasteiger partial charge in [0.25, 0.3) is 11.8 Å². The maximum absolute atomic E-state index is 13.7. The number of methoxy groups -OCH3 is 1. The van der Waals surface area contributed by atoms with Gasteiger partial charge in [0.05, 0.1) is 18.2 Å². The lowest BCUT2D eigenvalue weighted by Gasteiger charge is -2.43. The summed E-state index contributed by atoms with van der Waals surface area (Å²) >= 11 is 0. The van der Waals surface area contributed by atoms with Gasteiger partial charge in [-0.05, 0) is 67.0 Å². The summed E-state index contributed by atoms with van der Waals surface area (Å²) in [4.78, 5) is 44.4. The second-order valence-electron chi connectivity index (χ2n) is 12.8. The zero-order valence-electron chi connectivity index (χ0n) is 24.0. The third-order valence-electron chi connectivity index (χ3n) is 9.74. The number of aliphatic hydroxyl groups excluding tert-OH is 1. The highest BCUT2D eigenvalue weighted by Crippen LogP contribution is 2.39. The molecule has 0 spiro atoms. The van der Waals surface area contributed by atoms with E-state index in [1.807, 2.05) is 49.1 Å². The Morgan fingerprint density at radius 1 is 1.07 bits per heavy atom. The molecule has 3 amide bonds. The fraction of sp³-hybridized carbons (Fsp3) is 0.531. The highest BCUT2D eigenvalue weighted by atomic mass is 16.5. The van der Waals surface area contributed by atoms with E-state index in [-0.39, 0.29) is 43.1 Å². The Morgan fingerprint density at radius 2 is 1.76 bits per heavy atom. The summed E-state index contributed by atoms with van der Waals surface area (Å²) in [6.07, 6.45) is 2.16. The monoisotopic (exact) mass is 561 g/mol. The van der Waals surface area contributed by atoms with E-state index in [9.17, 15) is 24.6 Å². The summed E-state index contributed by atoms with van der Waals surface area (Å²) in [5, 5.41) is 21.2. The lowest BCUT2D eigenvalue weighted by Crippen LogP contribution is -2.56. The molecule has 4 heterocycles. The number of benzene rings is 2. The third kappa shape index (κ3) is 4.89. The first kappa shape index (κ1) is 27.7. The number of fused-ring (bicyclic) bond motifs is 4. The van der Waals surface area contributed by atoms with Crippen molar-refractivity contribution in [2.24, 2.45) is 0 Å². The van der Waals surface area contributed by atoms with Crippen LogP contribution in [0.4, 0.5) is 4.79 Å². The number of aliphatic hydroxyl groups is 1. The van der Waals surface area contributed by atoms with E-state index >= 15 is 0 Å². The average Bonchev–Trinajstić information content (AvgIpc) is 3.22. The minimum Gasteiger partial charge on any atom is -0.465 e. The van der Waals surface area contributed by atoms with E-state index in [4.69, 9.17) is 4.74 Å². The first-order valence-corrected chi connectivity index (χ1v) is 14.6. The maximum atomic E-state index is 13.7. The standard InChI is InChI=1S/C32H39N3O6/c1-32(2)18-33(17-28(36)27-13-19-6-4-5-7-21(19)16-34(27)31(39)40)30(38)25-11-8-20(12-26(25)32)29(37)35-22-9-10-23(35)15-24(14-22)41-3/h4-8,11-12,22-24,27-28,36H,9-10,13-18H2,1-3H3,(H,39,40)/t22-,23?,24+,27-,28-/m0/s1. The lowest BCUT2D eigenvalue weighted by molar-refractivity contribution is 0.00808. The smallest absolute Gasteiger partial charge is 0.407 e. The molecule has 4 aliphatic rings. The normalized spacial score (nSPS) is 27.3. The van der Waals surface area contributed by atoms with Crippen LogP contribution in [-0.2, 0) is 23.1 Å². The summed E-state index contributed by atoms with van der Waals surface area (Å²) in [5.74, 6) is -0.196. The van der Waals surface area contributed by atoms with Gasteiger partial charge in [-0.2, -0.15) is 0 Å². The van der Waals surface area contributed by atoms with Crippen molar-refractivity contribution in [2.75, 3.05) is 20.2 Å². The fourth-order valence-corrected chi connectivity index (χ4v) is 7.62. The fourth-order valence-electron chi connectivity index (χ4n) is 7.62. The number of piperidine rings is 1. The molecule has 2 fully saturated rings. The van der Waals surface area contributed by atoms with Crippen molar-refractivity contribution in [2.45, 2.75) is 88.2 Å². The molecule has 2 bridgehead atoms. The highest BCUT2D eigenvalue weighted by Gasteiger charge is 2.45. The molecular formula is C32H39N3O6. The van der Waals surface area contributed by atoms with Gasteiger partial charge < -0.3 is 24.7 Å². The Bertz CT molecular complexity index is 1360. The maximum Gasteiger partial charge on any atom is 0.407 e. The van der Waals surface area contributed by atoms with E-state index in [0.717, 1.165) is 42.4 Å². The van der Waals surface area contributed by atoms with Gasteiger partial charge in [-0.3, -0.25) is 14.5 Å². The van der Waals surface area contributed by atoms with Crippen LogP contribution in [0.1, 0.15) is 76.9 Å². The van der Waals surface area contributed by atoms with Crippen molar-refractivity contribution in [1.82, 2.24) is 14.7 Å². The Labute approximate surface area is 240 Å². The van der Waals surface area contributed by atoms with Crippen LogP contribution in [-0.4, -0.2) is 93.4 Å². The summed E-state index contributed by atoms with van der Waals surface area (Å²) in [5.41, 5.74) is 3.44. The Hall–Kier alpha value is -3.43. The van der Waals surface area contributed by atoms with Gasteiger partial charge in [-0.15, -0.1) is 0 Å². The van der Waals surface area contributed by atoms with Crippen molar-refractivity contribution >= 4 is 17.9 Å². The number of carboxylic acid groups (broad SMARTS) is 1. The van der Waals surface area contributed by atoms with Gasteiger partial charge in [0, 0.05) is 55.4 Å².